The molecular formula is C17H21Cl2N5OS. The summed E-state index contributed by atoms with van der Waals surface area (Å²) < 4.78 is 0. The maximum absolute atomic E-state index is 12.2. The molecule has 0 bridgehead atoms. The third-order valence-electron chi connectivity index (χ3n) is 4.26. The molecule has 0 radical (unpaired) electrons. The first-order valence-electron chi connectivity index (χ1n) is 8.54. The lowest BCUT2D eigenvalue weighted by Crippen LogP contribution is -2.48. The lowest BCUT2D eigenvalue weighted by Gasteiger charge is -2.34. The Hall–Kier alpha value is -1.25. The predicted octanol–water partition coefficient (Wildman–Crippen LogP) is 3.16. The molecule has 3 rings (SSSR count). The molecule has 1 saturated heterocycles. The zero-order valence-corrected chi connectivity index (χ0v) is 16.9. The van der Waals surface area contributed by atoms with Gasteiger partial charge in [0.2, 0.25) is 11.0 Å². The molecule has 2 heterocycles. The number of halogens is 2. The van der Waals surface area contributed by atoms with Gasteiger partial charge in [0, 0.05) is 42.8 Å². The SMILES string of the molecule is CCc1nnc(NC(=O)CN2CCN(Cc3ccc(Cl)cc3Cl)CC2)s1. The number of carbonyl (C=O) groups excluding carboxylic acids is 1. The average molecular weight is 414 g/mol. The van der Waals surface area contributed by atoms with Crippen LogP contribution in [0.25, 0.3) is 0 Å². The molecule has 140 valence electrons. The Bertz CT molecular complexity index is 761. The summed E-state index contributed by atoms with van der Waals surface area (Å²) in [6.45, 7) is 6.65. The van der Waals surface area contributed by atoms with Gasteiger partial charge in [0.05, 0.1) is 6.54 Å². The number of hydrogen-bond donors (Lipinski definition) is 1. The Labute approximate surface area is 167 Å². The number of piperazine rings is 1. The number of benzene rings is 1. The van der Waals surface area contributed by atoms with Gasteiger partial charge in [-0.3, -0.25) is 19.9 Å². The van der Waals surface area contributed by atoms with E-state index < -0.39 is 0 Å². The Morgan fingerprint density at radius 1 is 1.19 bits per heavy atom. The largest absolute Gasteiger partial charge is 0.299 e. The third kappa shape index (κ3) is 5.37. The Kier molecular flexibility index (Phi) is 6.83. The Balaban J connectivity index is 1.43. The van der Waals surface area contributed by atoms with Gasteiger partial charge in [-0.25, -0.2) is 0 Å². The van der Waals surface area contributed by atoms with Crippen molar-refractivity contribution in [1.29, 1.82) is 0 Å². The van der Waals surface area contributed by atoms with Crippen LogP contribution in [0, 0.1) is 0 Å². The average Bonchev–Trinajstić information content (AvgIpc) is 3.06. The molecule has 0 unspecified atom stereocenters. The maximum Gasteiger partial charge on any atom is 0.240 e. The summed E-state index contributed by atoms with van der Waals surface area (Å²) in [5.74, 6) is -0.0435. The molecule has 1 aliphatic heterocycles. The van der Waals surface area contributed by atoms with Gasteiger partial charge in [0.1, 0.15) is 5.01 Å². The molecule has 0 spiro atoms. The van der Waals surface area contributed by atoms with Gasteiger partial charge in [-0.1, -0.05) is 47.5 Å². The summed E-state index contributed by atoms with van der Waals surface area (Å²) in [6.07, 6.45) is 0.827. The maximum atomic E-state index is 12.2. The number of anilines is 1. The highest BCUT2D eigenvalue weighted by atomic mass is 35.5. The zero-order chi connectivity index (χ0) is 18.5. The lowest BCUT2D eigenvalue weighted by atomic mass is 10.2. The van der Waals surface area contributed by atoms with E-state index >= 15 is 0 Å². The van der Waals surface area contributed by atoms with E-state index in [-0.39, 0.29) is 5.91 Å². The highest BCUT2D eigenvalue weighted by Crippen LogP contribution is 2.22. The van der Waals surface area contributed by atoms with Crippen molar-refractivity contribution in [3.8, 4) is 0 Å². The molecule has 0 atom stereocenters. The number of aromatic nitrogens is 2. The fourth-order valence-electron chi connectivity index (χ4n) is 2.81. The van der Waals surface area contributed by atoms with Crippen molar-refractivity contribution in [3.63, 3.8) is 0 Å². The van der Waals surface area contributed by atoms with Gasteiger partial charge < -0.3 is 0 Å². The van der Waals surface area contributed by atoms with Crippen molar-refractivity contribution in [2.24, 2.45) is 0 Å². The summed E-state index contributed by atoms with van der Waals surface area (Å²) >= 11 is 13.6. The Morgan fingerprint density at radius 2 is 1.92 bits per heavy atom. The standard InChI is InChI=1S/C17H21Cl2N5OS/c1-2-16-21-22-17(26-16)20-15(25)11-24-7-5-23(6-8-24)10-12-3-4-13(18)9-14(12)19/h3-4,9H,2,5-8,10-11H2,1H3,(H,20,22,25). The van der Waals surface area contributed by atoms with Crippen molar-refractivity contribution in [3.05, 3.63) is 38.8 Å². The second-order valence-electron chi connectivity index (χ2n) is 6.19. The van der Waals surface area contributed by atoms with Crippen LogP contribution < -0.4 is 5.32 Å². The molecule has 2 aromatic rings. The quantitative estimate of drug-likeness (QED) is 0.787. The summed E-state index contributed by atoms with van der Waals surface area (Å²) in [5.41, 5.74) is 1.07. The monoisotopic (exact) mass is 413 g/mol. The first-order valence-corrected chi connectivity index (χ1v) is 10.1. The zero-order valence-electron chi connectivity index (χ0n) is 14.5. The number of rotatable bonds is 6. The van der Waals surface area contributed by atoms with Crippen molar-refractivity contribution in [1.82, 2.24) is 20.0 Å². The van der Waals surface area contributed by atoms with E-state index in [9.17, 15) is 4.79 Å². The van der Waals surface area contributed by atoms with Crippen molar-refractivity contribution in [2.45, 2.75) is 19.9 Å². The fraction of sp³-hybridized carbons (Fsp3) is 0.471. The molecule has 1 aromatic heterocycles. The number of nitrogens with one attached hydrogen (secondary N) is 1. The first kappa shape index (κ1) is 19.5. The van der Waals surface area contributed by atoms with Crippen LogP contribution in [-0.2, 0) is 17.8 Å². The van der Waals surface area contributed by atoms with Crippen LogP contribution in [0.4, 0.5) is 5.13 Å². The number of amides is 1. The van der Waals surface area contributed by atoms with Gasteiger partial charge in [-0.15, -0.1) is 10.2 Å². The molecule has 6 nitrogen and oxygen atoms in total. The number of nitrogens with zero attached hydrogens (tertiary/aromatic N) is 4. The van der Waals surface area contributed by atoms with Crippen LogP contribution in [0.1, 0.15) is 17.5 Å². The summed E-state index contributed by atoms with van der Waals surface area (Å²) in [6, 6.07) is 5.61. The Morgan fingerprint density at radius 3 is 2.58 bits per heavy atom. The minimum absolute atomic E-state index is 0.0435. The van der Waals surface area contributed by atoms with Gasteiger partial charge >= 0.3 is 0 Å². The second-order valence-corrected chi connectivity index (χ2v) is 8.10. The number of aryl methyl sites for hydroxylation is 1. The molecule has 1 N–H and O–H groups in total. The van der Waals surface area contributed by atoms with Gasteiger partial charge in [0.15, 0.2) is 0 Å². The van der Waals surface area contributed by atoms with Crippen molar-refractivity contribution in [2.75, 3.05) is 38.0 Å². The minimum atomic E-state index is -0.0435. The molecule has 9 heteroatoms. The molecule has 26 heavy (non-hydrogen) atoms. The summed E-state index contributed by atoms with van der Waals surface area (Å²) in [4.78, 5) is 16.7. The first-order chi connectivity index (χ1) is 12.5. The fourth-order valence-corrected chi connectivity index (χ4v) is 3.97. The molecule has 0 saturated carbocycles. The summed E-state index contributed by atoms with van der Waals surface area (Å²) in [7, 11) is 0. The topological polar surface area (TPSA) is 61.4 Å². The molecule has 1 fully saturated rings. The molecule has 1 aromatic carbocycles. The molecular weight excluding hydrogens is 393 g/mol. The molecule has 1 aliphatic rings. The third-order valence-corrected chi connectivity index (χ3v) is 5.83. The number of hydrogen-bond acceptors (Lipinski definition) is 6. The molecule has 0 aliphatic carbocycles. The van der Waals surface area contributed by atoms with E-state index in [2.05, 4.69) is 25.3 Å². The van der Waals surface area contributed by atoms with E-state index in [4.69, 9.17) is 23.2 Å². The van der Waals surface area contributed by atoms with E-state index in [1.165, 1.54) is 11.3 Å². The smallest absolute Gasteiger partial charge is 0.240 e. The van der Waals surface area contributed by atoms with Crippen LogP contribution in [0.3, 0.4) is 0 Å². The van der Waals surface area contributed by atoms with Crippen LogP contribution in [0.5, 0.6) is 0 Å². The minimum Gasteiger partial charge on any atom is -0.299 e. The highest BCUT2D eigenvalue weighted by molar-refractivity contribution is 7.15. The van der Waals surface area contributed by atoms with Crippen LogP contribution in [-0.4, -0.2) is 58.6 Å². The van der Waals surface area contributed by atoms with Crippen molar-refractivity contribution >= 4 is 45.6 Å². The van der Waals surface area contributed by atoms with Gasteiger partial charge in [0.25, 0.3) is 0 Å². The van der Waals surface area contributed by atoms with Crippen LogP contribution in [0.15, 0.2) is 18.2 Å². The van der Waals surface area contributed by atoms with Crippen molar-refractivity contribution < 1.29 is 4.79 Å². The highest BCUT2D eigenvalue weighted by Gasteiger charge is 2.20. The lowest BCUT2D eigenvalue weighted by molar-refractivity contribution is -0.117. The van der Waals surface area contributed by atoms with E-state index in [0.717, 1.165) is 49.7 Å². The predicted molar refractivity (Wildman–Crippen MR) is 106 cm³/mol. The van der Waals surface area contributed by atoms with E-state index in [1.54, 1.807) is 6.07 Å². The van der Waals surface area contributed by atoms with E-state index in [1.807, 2.05) is 19.1 Å². The summed E-state index contributed by atoms with van der Waals surface area (Å²) in [5, 5.41) is 13.7. The molecule has 1 amide bonds. The normalized spacial score (nSPS) is 16.0. The second kappa shape index (κ2) is 9.10. The van der Waals surface area contributed by atoms with Gasteiger partial charge in [-0.2, -0.15) is 0 Å². The number of carbonyl (C=O) groups is 1. The van der Waals surface area contributed by atoms with Gasteiger partial charge in [-0.05, 0) is 24.1 Å². The van der Waals surface area contributed by atoms with E-state index in [0.29, 0.717) is 21.7 Å². The van der Waals surface area contributed by atoms with Crippen LogP contribution in [0.2, 0.25) is 10.0 Å². The van der Waals surface area contributed by atoms with Crippen LogP contribution >= 0.6 is 34.5 Å².